The second kappa shape index (κ2) is 11.4. The van der Waals surface area contributed by atoms with Gasteiger partial charge in [-0.15, -0.1) is 11.6 Å². The molecule has 0 bridgehead atoms. The van der Waals surface area contributed by atoms with E-state index in [2.05, 4.69) is 15.0 Å². The molecule has 15 nitrogen and oxygen atoms in total. The van der Waals surface area contributed by atoms with Gasteiger partial charge in [-0.2, -0.15) is 0 Å². The monoisotopic (exact) mass is 739 g/mol. The summed E-state index contributed by atoms with van der Waals surface area (Å²) in [6.07, 6.45) is 2.59. The number of aromatic amines is 3. The Hall–Kier alpha value is -6.22. The van der Waals surface area contributed by atoms with Crippen LogP contribution in [0.5, 0.6) is 28.7 Å². The number of carbonyl (C=O) groups excluding carboxylic acids is 3. The maximum Gasteiger partial charge on any atom is 0.319 e. The van der Waals surface area contributed by atoms with Gasteiger partial charge in [-0.1, -0.05) is 0 Å². The number of rotatable bonds is 5. The van der Waals surface area contributed by atoms with E-state index in [1.165, 1.54) is 24.0 Å². The summed E-state index contributed by atoms with van der Waals surface area (Å²) < 4.78 is 11.2. The molecule has 3 aliphatic heterocycles. The van der Waals surface area contributed by atoms with Crippen LogP contribution in [0.15, 0.2) is 24.4 Å². The third kappa shape index (κ3) is 4.30. The van der Waals surface area contributed by atoms with Crippen molar-refractivity contribution in [1.82, 2.24) is 15.0 Å². The molecule has 0 saturated carbocycles. The van der Waals surface area contributed by atoms with Crippen molar-refractivity contribution in [1.29, 1.82) is 0 Å². The molecule has 6 aromatic rings. The lowest BCUT2D eigenvalue weighted by molar-refractivity contribution is 0.0977. The van der Waals surface area contributed by atoms with Crippen molar-refractivity contribution in [3.05, 3.63) is 58.0 Å². The molecule has 16 heteroatoms. The number of halogens is 1. The molecule has 8 N–H and O–H groups in total. The number of primary amides is 1. The van der Waals surface area contributed by atoms with Gasteiger partial charge >= 0.3 is 6.03 Å². The number of amides is 4. The Balaban J connectivity index is 1.12. The minimum Gasteiger partial charge on any atom is -0.506 e. The van der Waals surface area contributed by atoms with Gasteiger partial charge in [0.15, 0.2) is 23.0 Å². The smallest absolute Gasteiger partial charge is 0.319 e. The second-order valence-corrected chi connectivity index (χ2v) is 13.9. The number of aromatic hydroxyl groups is 3. The van der Waals surface area contributed by atoms with Crippen molar-refractivity contribution in [2.75, 3.05) is 54.4 Å². The number of fused-ring (bicyclic) bond motifs is 9. The molecule has 0 spiro atoms. The minimum absolute atomic E-state index is 0.0212. The molecule has 6 heterocycles. The number of nitrogens with zero attached hydrogens (tertiary/aromatic N) is 3. The highest BCUT2D eigenvalue weighted by Gasteiger charge is 2.39. The first-order valence-electron chi connectivity index (χ1n) is 17.0. The third-order valence-corrected chi connectivity index (χ3v) is 11.3. The van der Waals surface area contributed by atoms with E-state index in [4.69, 9.17) is 26.8 Å². The highest BCUT2D eigenvalue weighted by Crippen LogP contribution is 2.52. The molecule has 0 unspecified atom stereocenters. The molecule has 4 amide bonds. The zero-order valence-corrected chi connectivity index (χ0v) is 29.6. The number of urea groups is 1. The fourth-order valence-corrected chi connectivity index (χ4v) is 8.93. The average molecular weight is 740 g/mol. The van der Waals surface area contributed by atoms with Gasteiger partial charge in [-0.05, 0) is 54.2 Å². The number of phenols is 3. The van der Waals surface area contributed by atoms with E-state index in [1.54, 1.807) is 23.1 Å². The molecule has 0 radical (unpaired) electrons. The van der Waals surface area contributed by atoms with Crippen LogP contribution in [0.1, 0.15) is 49.1 Å². The molecule has 0 saturated heterocycles. The minimum atomic E-state index is -0.719. The first-order valence-corrected chi connectivity index (χ1v) is 17.5. The maximum atomic E-state index is 14.3. The number of phenolic OH excluding ortho intramolecular Hbond substituents is 3. The molecular formula is C37H34ClN7O8. The van der Waals surface area contributed by atoms with Gasteiger partial charge in [0.2, 0.25) is 0 Å². The van der Waals surface area contributed by atoms with Crippen LogP contribution < -0.4 is 29.9 Å². The van der Waals surface area contributed by atoms with Gasteiger partial charge in [0.25, 0.3) is 11.8 Å². The molecule has 53 heavy (non-hydrogen) atoms. The number of nitrogens with one attached hydrogen (secondary N) is 3. The Labute approximate surface area is 305 Å². The standard InChI is InChI=1S/C37H34ClN7O8/c1-14-12-40-28-23(46)10-22-25(24(14)28)15(11-38)13-45(22)36(50)21-9-18-16-4-6-43(29(16)31(47)33(52-2)26(18)42-21)35(49)20-8-19-17-5-7-44(37(39)51)30(17)32(48)34(53-3)27(19)41-20/h8-10,12,15,40-42,46-48H,4-7,11,13H2,1-3H3,(H2,39,51)/t15-/m1/s1. The van der Waals surface area contributed by atoms with Crippen molar-refractivity contribution in [3.8, 4) is 28.7 Å². The van der Waals surface area contributed by atoms with E-state index in [0.29, 0.717) is 63.5 Å². The summed E-state index contributed by atoms with van der Waals surface area (Å²) in [4.78, 5) is 54.4. The summed E-state index contributed by atoms with van der Waals surface area (Å²) in [5.74, 6) is -1.11. The van der Waals surface area contributed by atoms with Crippen LogP contribution in [0.3, 0.4) is 0 Å². The summed E-state index contributed by atoms with van der Waals surface area (Å²) in [6.45, 7) is 2.71. The van der Waals surface area contributed by atoms with E-state index in [1.807, 2.05) is 13.1 Å². The lowest BCUT2D eigenvalue weighted by Crippen LogP contribution is -2.34. The normalized spacial score (nSPS) is 16.2. The van der Waals surface area contributed by atoms with E-state index < -0.39 is 11.9 Å². The van der Waals surface area contributed by atoms with E-state index in [0.717, 1.165) is 16.5 Å². The van der Waals surface area contributed by atoms with E-state index >= 15 is 0 Å². The van der Waals surface area contributed by atoms with Crippen LogP contribution in [-0.4, -0.2) is 87.9 Å². The first kappa shape index (κ1) is 32.7. The summed E-state index contributed by atoms with van der Waals surface area (Å²) in [7, 11) is 2.77. The molecule has 272 valence electrons. The molecule has 3 aliphatic rings. The fraction of sp³-hybridized carbons (Fsp3) is 0.270. The summed E-state index contributed by atoms with van der Waals surface area (Å²) in [6, 6.07) is 4.20. The number of hydrogen-bond acceptors (Lipinski definition) is 8. The number of aromatic nitrogens is 3. The molecule has 0 aliphatic carbocycles. The average Bonchev–Trinajstić information content (AvgIpc) is 3.98. The van der Waals surface area contributed by atoms with E-state index in [9.17, 15) is 29.7 Å². The number of benzene rings is 3. The van der Waals surface area contributed by atoms with Gasteiger partial charge in [-0.3, -0.25) is 14.5 Å². The fourth-order valence-electron chi connectivity index (χ4n) is 8.68. The topological polar surface area (TPSA) is 213 Å². The van der Waals surface area contributed by atoms with Gasteiger partial charge < -0.3 is 55.3 Å². The Morgan fingerprint density at radius 2 is 1.40 bits per heavy atom. The molecular weight excluding hydrogens is 706 g/mol. The number of anilines is 3. The van der Waals surface area contributed by atoms with Crippen LogP contribution in [0.25, 0.3) is 32.7 Å². The van der Waals surface area contributed by atoms with Crippen LogP contribution in [0.2, 0.25) is 0 Å². The Kier molecular flexibility index (Phi) is 7.02. The zero-order valence-electron chi connectivity index (χ0n) is 28.8. The van der Waals surface area contributed by atoms with Crippen molar-refractivity contribution in [3.63, 3.8) is 0 Å². The number of carbonyl (C=O) groups is 3. The lowest BCUT2D eigenvalue weighted by Gasteiger charge is -2.19. The number of methoxy groups -OCH3 is 2. The van der Waals surface area contributed by atoms with Gasteiger partial charge in [0.1, 0.15) is 17.1 Å². The quantitative estimate of drug-likeness (QED) is 0.116. The molecule has 9 rings (SSSR count). The number of ether oxygens (including phenoxy) is 2. The van der Waals surface area contributed by atoms with Crippen LogP contribution in [-0.2, 0) is 12.8 Å². The summed E-state index contributed by atoms with van der Waals surface area (Å²) >= 11 is 6.43. The number of aryl methyl sites for hydroxylation is 1. The first-order chi connectivity index (χ1) is 25.5. The van der Waals surface area contributed by atoms with Crippen molar-refractivity contribution in [2.24, 2.45) is 5.73 Å². The predicted octanol–water partition coefficient (Wildman–Crippen LogP) is 5.20. The van der Waals surface area contributed by atoms with Crippen molar-refractivity contribution in [2.45, 2.75) is 25.7 Å². The molecule has 0 fully saturated rings. The van der Waals surface area contributed by atoms with Gasteiger partial charge in [0.05, 0.1) is 47.8 Å². The lowest BCUT2D eigenvalue weighted by atomic mass is 9.97. The third-order valence-electron chi connectivity index (χ3n) is 11.0. The highest BCUT2D eigenvalue weighted by atomic mass is 35.5. The van der Waals surface area contributed by atoms with Crippen LogP contribution in [0, 0.1) is 6.92 Å². The Bertz CT molecular complexity index is 2620. The molecule has 1 atom stereocenters. The predicted molar refractivity (Wildman–Crippen MR) is 199 cm³/mol. The van der Waals surface area contributed by atoms with Crippen LogP contribution in [0.4, 0.5) is 21.9 Å². The Morgan fingerprint density at radius 1 is 0.849 bits per heavy atom. The van der Waals surface area contributed by atoms with E-state index in [-0.39, 0.29) is 82.3 Å². The van der Waals surface area contributed by atoms with Crippen LogP contribution >= 0.6 is 11.6 Å². The van der Waals surface area contributed by atoms with Gasteiger partial charge in [-0.25, -0.2) is 4.79 Å². The van der Waals surface area contributed by atoms with Crippen molar-refractivity contribution < 1.29 is 39.2 Å². The largest absolute Gasteiger partial charge is 0.506 e. The highest BCUT2D eigenvalue weighted by molar-refractivity contribution is 6.20. The van der Waals surface area contributed by atoms with Gasteiger partial charge in [0, 0.05) is 59.9 Å². The molecule has 3 aromatic carbocycles. The summed E-state index contributed by atoms with van der Waals surface area (Å²) in [5.41, 5.74) is 11.5. The SMILES string of the molecule is COc1c(O)c2c(c3cc(C(=O)N4CCc5c4c(O)c(OC)c4[nH]c(C(=O)N6C[C@@H](CCl)c7c6cc(O)c6[nH]cc(C)c76)cc54)[nH]c13)CCN2C(N)=O. The number of hydrogen-bond donors (Lipinski definition) is 7. The zero-order chi connectivity index (χ0) is 37.2. The molecule has 3 aromatic heterocycles. The number of alkyl halides is 1. The van der Waals surface area contributed by atoms with Crippen molar-refractivity contribution >= 4 is 79.2 Å². The maximum absolute atomic E-state index is 14.3. The summed E-state index contributed by atoms with van der Waals surface area (Å²) in [5, 5.41) is 35.6. The second-order valence-electron chi connectivity index (χ2n) is 13.6. The Morgan fingerprint density at radius 3 is 1.94 bits per heavy atom. The number of H-pyrrole nitrogens is 3. The number of nitrogens with two attached hydrogens (primary N) is 1.